The third kappa shape index (κ3) is 3.84. The van der Waals surface area contributed by atoms with E-state index in [2.05, 4.69) is 22.1 Å². The highest BCUT2D eigenvalue weighted by Crippen LogP contribution is 2.46. The molecule has 168 valence electrons. The summed E-state index contributed by atoms with van der Waals surface area (Å²) in [5, 5.41) is 4.02. The van der Waals surface area contributed by atoms with Gasteiger partial charge < -0.3 is 19.5 Å². The second-order valence-corrected chi connectivity index (χ2v) is 9.78. The zero-order valence-corrected chi connectivity index (χ0v) is 18.6. The van der Waals surface area contributed by atoms with Crippen molar-refractivity contribution in [3.63, 3.8) is 0 Å². The smallest absolute Gasteiger partial charge is 0.368 e. The number of imidazole rings is 1. The number of nitrogens with one attached hydrogen (secondary N) is 1. The van der Waals surface area contributed by atoms with Gasteiger partial charge in [0.15, 0.2) is 0 Å². The molecule has 1 saturated heterocycles. The summed E-state index contributed by atoms with van der Waals surface area (Å²) >= 11 is 0. The van der Waals surface area contributed by atoms with Crippen LogP contribution >= 0.6 is 8.58 Å². The molecule has 3 aliphatic heterocycles. The molecule has 3 aliphatic rings. The number of aryl methyl sites for hydroxylation is 1. The molecule has 1 N–H and O–H groups in total. The molecule has 5 heterocycles. The molecule has 6 nitrogen and oxygen atoms in total. The summed E-state index contributed by atoms with van der Waals surface area (Å²) in [5.41, 5.74) is 0.969. The van der Waals surface area contributed by atoms with Crippen molar-refractivity contribution in [2.24, 2.45) is 0 Å². The Morgan fingerprint density at radius 3 is 2.84 bits per heavy atom. The highest BCUT2D eigenvalue weighted by molar-refractivity contribution is 7.51. The van der Waals surface area contributed by atoms with Crippen LogP contribution in [0.3, 0.4) is 0 Å². The number of piperazine rings is 1. The monoisotopic (exact) mass is 461 g/mol. The first kappa shape index (κ1) is 21.2. The maximum absolute atomic E-state index is 13.7. The topological polar surface area (TPSA) is 52.9 Å². The van der Waals surface area contributed by atoms with Gasteiger partial charge in [0.2, 0.25) is 0 Å². The summed E-state index contributed by atoms with van der Waals surface area (Å²) in [6.45, 7) is 6.38. The van der Waals surface area contributed by atoms with Gasteiger partial charge in [0, 0.05) is 50.3 Å². The van der Waals surface area contributed by atoms with Gasteiger partial charge in [-0.25, -0.2) is 4.98 Å². The molecule has 0 spiro atoms. The number of hydrogen-bond donors (Lipinski definition) is 1. The van der Waals surface area contributed by atoms with E-state index < -0.39 is 11.7 Å². The van der Waals surface area contributed by atoms with Crippen LogP contribution in [0.15, 0.2) is 48.6 Å². The fraction of sp³-hybridized carbons (Fsp3) is 0.364. The maximum atomic E-state index is 13.7. The average Bonchev–Trinajstić information content (AvgIpc) is 3.12. The van der Waals surface area contributed by atoms with Crippen LogP contribution in [0.25, 0.3) is 11.0 Å². The summed E-state index contributed by atoms with van der Waals surface area (Å²) < 4.78 is 42.5. The van der Waals surface area contributed by atoms with Gasteiger partial charge in [-0.1, -0.05) is 14.7 Å². The van der Waals surface area contributed by atoms with Crippen LogP contribution in [0.1, 0.15) is 23.7 Å². The van der Waals surface area contributed by atoms with Crippen LogP contribution in [0.2, 0.25) is 0 Å². The van der Waals surface area contributed by atoms with Crippen molar-refractivity contribution < 1.29 is 18.0 Å². The average molecular weight is 461 g/mol. The van der Waals surface area contributed by atoms with E-state index in [0.29, 0.717) is 22.6 Å². The Kier molecular flexibility index (Phi) is 5.13. The number of halogens is 3. The first-order valence-electron chi connectivity index (χ1n) is 10.4. The minimum atomic E-state index is -4.54. The van der Waals surface area contributed by atoms with Gasteiger partial charge in [0.05, 0.1) is 22.7 Å². The van der Waals surface area contributed by atoms with Crippen molar-refractivity contribution in [2.75, 3.05) is 19.6 Å². The van der Waals surface area contributed by atoms with E-state index in [1.54, 1.807) is 24.2 Å². The maximum Gasteiger partial charge on any atom is 0.420 e. The van der Waals surface area contributed by atoms with Crippen LogP contribution in [0, 0.1) is 6.92 Å². The third-order valence-corrected chi connectivity index (χ3v) is 7.38. The predicted molar refractivity (Wildman–Crippen MR) is 118 cm³/mol. The summed E-state index contributed by atoms with van der Waals surface area (Å²) in [6, 6.07) is 1.48. The number of pyridine rings is 1. The first-order chi connectivity index (χ1) is 15.2. The number of alkyl halides is 3. The van der Waals surface area contributed by atoms with Crippen LogP contribution in [0.5, 0.6) is 0 Å². The van der Waals surface area contributed by atoms with Crippen molar-refractivity contribution in [1.82, 2.24) is 24.5 Å². The quantitative estimate of drug-likeness (QED) is 0.696. The molecular formula is C22H23F3N5OP. The predicted octanol–water partition coefficient (Wildman–Crippen LogP) is 3.55. The summed E-state index contributed by atoms with van der Waals surface area (Å²) in [5.74, 6) is -0.412. The Labute approximate surface area is 185 Å². The van der Waals surface area contributed by atoms with Crippen molar-refractivity contribution in [2.45, 2.75) is 31.8 Å². The van der Waals surface area contributed by atoms with Crippen LogP contribution in [0.4, 0.5) is 13.2 Å². The number of amides is 1. The normalized spacial score (nSPS) is 24.7. The Bertz CT molecular complexity index is 1180. The number of rotatable bonds is 2. The number of carbonyl (C=O) groups is 1. The number of aromatic nitrogens is 2. The lowest BCUT2D eigenvalue weighted by Crippen LogP contribution is -2.49. The van der Waals surface area contributed by atoms with E-state index in [9.17, 15) is 18.0 Å². The minimum Gasteiger partial charge on any atom is -0.368 e. The number of carbonyl (C=O) groups excluding carboxylic acids is 1. The van der Waals surface area contributed by atoms with Gasteiger partial charge in [-0.05, 0) is 36.9 Å². The molecule has 0 saturated carbocycles. The van der Waals surface area contributed by atoms with Crippen molar-refractivity contribution in [3.8, 4) is 0 Å². The largest absolute Gasteiger partial charge is 0.420 e. The van der Waals surface area contributed by atoms with Crippen LogP contribution in [-0.4, -0.2) is 56.6 Å². The number of allylic oxidation sites excluding steroid dienone is 1. The second-order valence-electron chi connectivity index (χ2n) is 8.36. The molecule has 1 amide bonds. The van der Waals surface area contributed by atoms with E-state index >= 15 is 0 Å². The van der Waals surface area contributed by atoms with Crippen LogP contribution in [-0.2, 0) is 11.0 Å². The molecule has 0 aromatic carbocycles. The molecule has 1 fully saturated rings. The Hall–Kier alpha value is -2.64. The van der Waals surface area contributed by atoms with E-state index in [-0.39, 0.29) is 25.9 Å². The molecule has 2 unspecified atom stereocenters. The molecule has 2 aromatic heterocycles. The number of fused-ring (bicyclic) bond motifs is 2. The summed E-state index contributed by atoms with van der Waals surface area (Å²) in [6.07, 6.45) is 6.00. The minimum absolute atomic E-state index is 0.123. The summed E-state index contributed by atoms with van der Waals surface area (Å²) in [4.78, 5) is 20.9. The highest BCUT2D eigenvalue weighted by atomic mass is 31.1. The van der Waals surface area contributed by atoms with E-state index in [1.165, 1.54) is 10.5 Å². The lowest BCUT2D eigenvalue weighted by atomic mass is 10.1. The molecular weight excluding hydrogens is 438 g/mol. The highest BCUT2D eigenvalue weighted by Gasteiger charge is 2.36. The lowest BCUT2D eigenvalue weighted by Gasteiger charge is -2.39. The Morgan fingerprint density at radius 1 is 1.28 bits per heavy atom. The fourth-order valence-corrected chi connectivity index (χ4v) is 5.73. The number of nitrogens with zero attached hydrogens (tertiary/aromatic N) is 4. The zero-order chi connectivity index (χ0) is 22.6. The molecule has 0 aliphatic carbocycles. The Balaban J connectivity index is 1.48. The zero-order valence-electron chi connectivity index (χ0n) is 17.6. The van der Waals surface area contributed by atoms with Crippen molar-refractivity contribution in [1.29, 1.82) is 0 Å². The third-order valence-electron chi connectivity index (χ3n) is 5.87. The van der Waals surface area contributed by atoms with Gasteiger partial charge in [-0.2, -0.15) is 13.2 Å². The van der Waals surface area contributed by atoms with E-state index in [1.807, 2.05) is 18.4 Å². The standard InChI is InChI=1S/C22H23F3N5OP/c1-13-9-28(6-5-26-13)16-3-4-20-30(12-16)19(31)8-18(32-20)15-7-17(22(23,24)25)21-27-14(2)10-29(21)11-15/h3-4,7-8,10-13,20,26,32H,5-6,9H2,1-2H3/t13-,20?/m1/s1. The molecule has 32 heavy (non-hydrogen) atoms. The Morgan fingerprint density at radius 2 is 2.09 bits per heavy atom. The molecule has 2 aromatic rings. The molecule has 0 radical (unpaired) electrons. The first-order valence-corrected chi connectivity index (χ1v) is 11.5. The van der Waals surface area contributed by atoms with Crippen molar-refractivity contribution in [3.05, 3.63) is 65.4 Å². The van der Waals surface area contributed by atoms with E-state index in [4.69, 9.17) is 0 Å². The molecule has 10 heteroatoms. The van der Waals surface area contributed by atoms with Gasteiger partial charge in [0.1, 0.15) is 5.65 Å². The van der Waals surface area contributed by atoms with Gasteiger partial charge >= 0.3 is 6.18 Å². The van der Waals surface area contributed by atoms with E-state index in [0.717, 1.165) is 31.4 Å². The van der Waals surface area contributed by atoms with Gasteiger partial charge in [-0.3, -0.25) is 4.79 Å². The van der Waals surface area contributed by atoms with Gasteiger partial charge in [0.25, 0.3) is 5.91 Å². The lowest BCUT2D eigenvalue weighted by molar-refractivity contribution is -0.136. The molecule has 3 atom stereocenters. The summed E-state index contributed by atoms with van der Waals surface area (Å²) in [7, 11) is 0.140. The van der Waals surface area contributed by atoms with Gasteiger partial charge in [-0.15, -0.1) is 0 Å². The second kappa shape index (κ2) is 7.74. The van der Waals surface area contributed by atoms with Crippen LogP contribution < -0.4 is 5.32 Å². The molecule has 5 rings (SSSR count). The molecule has 0 bridgehead atoms. The van der Waals surface area contributed by atoms with Crippen molar-refractivity contribution >= 4 is 25.4 Å². The SMILES string of the molecule is Cc1cn2cc(C3=CC(=O)N4C=C(N5CCN[C@H](C)C5)C=CC4P3)cc(C(F)(F)F)c2n1. The fourth-order valence-electron chi connectivity index (χ4n) is 4.36. The number of hydrogen-bond acceptors (Lipinski definition) is 4.